The molecule has 0 aliphatic rings. The van der Waals surface area contributed by atoms with Crippen LogP contribution in [0.25, 0.3) is 0 Å². The van der Waals surface area contributed by atoms with E-state index in [2.05, 4.69) is 10.3 Å². The number of nitrogens with zero attached hydrogens (tertiary/aromatic N) is 2. The average molecular weight is 315 g/mol. The Morgan fingerprint density at radius 2 is 1.91 bits per heavy atom. The van der Waals surface area contributed by atoms with Crippen LogP contribution < -0.4 is 5.32 Å². The van der Waals surface area contributed by atoms with E-state index in [0.717, 1.165) is 5.69 Å². The number of benzene rings is 1. The summed E-state index contributed by atoms with van der Waals surface area (Å²) in [6.45, 7) is 2.55. The number of amides is 2. The summed E-state index contributed by atoms with van der Waals surface area (Å²) in [6, 6.07) is 10.8. The number of aromatic nitrogens is 1. The standard InChI is InChI=1S/C17H18FN3O2/c1-13(22)21(12-16-4-2-3-9-19-16)11-10-20-17(23)14-5-7-15(18)8-6-14/h2-9H,10-12H2,1H3,(H,20,23). The third kappa shape index (κ3) is 5.18. The minimum Gasteiger partial charge on any atom is -0.350 e. The Kier molecular flexibility index (Phi) is 5.80. The molecule has 0 saturated heterocycles. The number of hydrogen-bond acceptors (Lipinski definition) is 3. The van der Waals surface area contributed by atoms with Crippen molar-refractivity contribution in [1.29, 1.82) is 0 Å². The third-order valence-corrected chi connectivity index (χ3v) is 3.30. The molecule has 120 valence electrons. The Morgan fingerprint density at radius 1 is 1.17 bits per heavy atom. The molecule has 0 unspecified atom stereocenters. The van der Waals surface area contributed by atoms with Crippen LogP contribution in [0.15, 0.2) is 48.7 Å². The summed E-state index contributed by atoms with van der Waals surface area (Å²) in [5.41, 5.74) is 1.16. The summed E-state index contributed by atoms with van der Waals surface area (Å²) < 4.78 is 12.8. The average Bonchev–Trinajstić information content (AvgIpc) is 2.55. The smallest absolute Gasteiger partial charge is 0.251 e. The number of pyridine rings is 1. The van der Waals surface area contributed by atoms with Gasteiger partial charge in [0.15, 0.2) is 0 Å². The Morgan fingerprint density at radius 3 is 2.52 bits per heavy atom. The van der Waals surface area contributed by atoms with Crippen LogP contribution >= 0.6 is 0 Å². The van der Waals surface area contributed by atoms with Crippen LogP contribution in [0.3, 0.4) is 0 Å². The van der Waals surface area contributed by atoms with Crippen LogP contribution in [-0.4, -0.2) is 34.8 Å². The molecule has 2 aromatic rings. The van der Waals surface area contributed by atoms with E-state index in [0.29, 0.717) is 25.2 Å². The van der Waals surface area contributed by atoms with Crippen molar-refractivity contribution in [3.63, 3.8) is 0 Å². The Bertz CT molecular complexity index is 659. The number of carbonyl (C=O) groups is 2. The fourth-order valence-electron chi connectivity index (χ4n) is 2.04. The second-order valence-corrected chi connectivity index (χ2v) is 5.02. The highest BCUT2D eigenvalue weighted by molar-refractivity contribution is 5.94. The molecule has 0 aliphatic carbocycles. The summed E-state index contributed by atoms with van der Waals surface area (Å²) >= 11 is 0. The van der Waals surface area contributed by atoms with Crippen molar-refractivity contribution >= 4 is 11.8 Å². The van der Waals surface area contributed by atoms with Crippen LogP contribution in [0.1, 0.15) is 23.0 Å². The van der Waals surface area contributed by atoms with Crippen LogP contribution in [0, 0.1) is 5.82 Å². The molecule has 0 saturated carbocycles. The minimum atomic E-state index is -0.389. The van der Waals surface area contributed by atoms with Crippen LogP contribution in [0.5, 0.6) is 0 Å². The first kappa shape index (κ1) is 16.6. The van der Waals surface area contributed by atoms with Gasteiger partial charge in [-0.15, -0.1) is 0 Å². The quantitative estimate of drug-likeness (QED) is 0.887. The lowest BCUT2D eigenvalue weighted by molar-refractivity contribution is -0.129. The largest absolute Gasteiger partial charge is 0.350 e. The zero-order valence-electron chi connectivity index (χ0n) is 12.8. The number of halogens is 1. The van der Waals surface area contributed by atoms with Gasteiger partial charge in [0.1, 0.15) is 5.82 Å². The lowest BCUT2D eigenvalue weighted by atomic mass is 10.2. The second-order valence-electron chi connectivity index (χ2n) is 5.02. The summed E-state index contributed by atoms with van der Waals surface area (Å²) in [7, 11) is 0. The molecule has 1 aromatic carbocycles. The minimum absolute atomic E-state index is 0.0910. The van der Waals surface area contributed by atoms with E-state index in [1.165, 1.54) is 31.2 Å². The zero-order valence-corrected chi connectivity index (χ0v) is 12.8. The number of rotatable bonds is 6. The number of carbonyl (C=O) groups excluding carboxylic acids is 2. The monoisotopic (exact) mass is 315 g/mol. The molecular weight excluding hydrogens is 297 g/mol. The van der Waals surface area contributed by atoms with E-state index < -0.39 is 0 Å². The van der Waals surface area contributed by atoms with Gasteiger partial charge in [-0.2, -0.15) is 0 Å². The molecule has 23 heavy (non-hydrogen) atoms. The molecule has 1 N–H and O–H groups in total. The molecule has 2 rings (SSSR count). The van der Waals surface area contributed by atoms with Crippen LogP contribution in [0.2, 0.25) is 0 Å². The molecule has 0 bridgehead atoms. The van der Waals surface area contributed by atoms with E-state index in [1.54, 1.807) is 11.1 Å². The van der Waals surface area contributed by atoms with E-state index in [4.69, 9.17) is 0 Å². The molecule has 0 fully saturated rings. The first-order chi connectivity index (χ1) is 11.1. The van der Waals surface area contributed by atoms with E-state index in [-0.39, 0.29) is 17.6 Å². The van der Waals surface area contributed by atoms with Gasteiger partial charge in [0.2, 0.25) is 5.91 Å². The summed E-state index contributed by atoms with van der Waals surface area (Å²) in [5.74, 6) is -0.780. The predicted octanol–water partition coefficient (Wildman–Crippen LogP) is 2.00. The van der Waals surface area contributed by atoms with Crippen molar-refractivity contribution in [1.82, 2.24) is 15.2 Å². The first-order valence-corrected chi connectivity index (χ1v) is 7.25. The van der Waals surface area contributed by atoms with Crippen molar-refractivity contribution in [2.75, 3.05) is 13.1 Å². The molecule has 1 heterocycles. The Balaban J connectivity index is 1.85. The van der Waals surface area contributed by atoms with Gasteiger partial charge in [0.25, 0.3) is 5.91 Å². The predicted molar refractivity (Wildman–Crippen MR) is 84.1 cm³/mol. The molecule has 2 amide bonds. The molecule has 0 aliphatic heterocycles. The highest BCUT2D eigenvalue weighted by atomic mass is 19.1. The van der Waals surface area contributed by atoms with Gasteiger partial charge in [-0.1, -0.05) is 6.07 Å². The fraction of sp³-hybridized carbons (Fsp3) is 0.235. The van der Waals surface area contributed by atoms with Crippen molar-refractivity contribution in [2.24, 2.45) is 0 Å². The van der Waals surface area contributed by atoms with Gasteiger partial charge in [0.05, 0.1) is 12.2 Å². The first-order valence-electron chi connectivity index (χ1n) is 7.25. The molecule has 6 heteroatoms. The number of nitrogens with one attached hydrogen (secondary N) is 1. The lowest BCUT2D eigenvalue weighted by Gasteiger charge is -2.20. The Labute approximate surface area is 134 Å². The molecule has 0 spiro atoms. The summed E-state index contributed by atoms with van der Waals surface area (Å²) in [4.78, 5) is 29.4. The molecular formula is C17H18FN3O2. The van der Waals surface area contributed by atoms with Gasteiger partial charge < -0.3 is 10.2 Å². The molecule has 1 aromatic heterocycles. The van der Waals surface area contributed by atoms with Gasteiger partial charge in [-0.05, 0) is 36.4 Å². The van der Waals surface area contributed by atoms with Crippen LogP contribution in [0.4, 0.5) is 4.39 Å². The maximum Gasteiger partial charge on any atom is 0.251 e. The molecule has 0 radical (unpaired) electrons. The van der Waals surface area contributed by atoms with Gasteiger partial charge >= 0.3 is 0 Å². The highest BCUT2D eigenvalue weighted by Gasteiger charge is 2.11. The maximum absolute atomic E-state index is 12.8. The molecule has 5 nitrogen and oxygen atoms in total. The molecule has 0 atom stereocenters. The second kappa shape index (κ2) is 8.03. The van der Waals surface area contributed by atoms with E-state index in [1.807, 2.05) is 18.2 Å². The van der Waals surface area contributed by atoms with Gasteiger partial charge in [0, 0.05) is 31.8 Å². The summed E-state index contributed by atoms with van der Waals surface area (Å²) in [5, 5.41) is 2.71. The SMILES string of the molecule is CC(=O)N(CCNC(=O)c1ccc(F)cc1)Cc1ccccn1. The fourth-order valence-corrected chi connectivity index (χ4v) is 2.04. The topological polar surface area (TPSA) is 62.3 Å². The summed E-state index contributed by atoms with van der Waals surface area (Å²) in [6.07, 6.45) is 1.67. The van der Waals surface area contributed by atoms with E-state index in [9.17, 15) is 14.0 Å². The van der Waals surface area contributed by atoms with Gasteiger partial charge in [-0.3, -0.25) is 14.6 Å². The lowest BCUT2D eigenvalue weighted by Crippen LogP contribution is -2.37. The van der Waals surface area contributed by atoms with Crippen molar-refractivity contribution in [3.05, 3.63) is 65.7 Å². The van der Waals surface area contributed by atoms with Crippen molar-refractivity contribution in [3.8, 4) is 0 Å². The normalized spacial score (nSPS) is 10.2. The number of hydrogen-bond donors (Lipinski definition) is 1. The Hall–Kier alpha value is -2.76. The third-order valence-electron chi connectivity index (χ3n) is 3.30. The highest BCUT2D eigenvalue weighted by Crippen LogP contribution is 2.03. The van der Waals surface area contributed by atoms with Gasteiger partial charge in [-0.25, -0.2) is 4.39 Å². The van der Waals surface area contributed by atoms with Crippen molar-refractivity contribution < 1.29 is 14.0 Å². The van der Waals surface area contributed by atoms with Crippen molar-refractivity contribution in [2.45, 2.75) is 13.5 Å². The maximum atomic E-state index is 12.8. The van der Waals surface area contributed by atoms with E-state index >= 15 is 0 Å². The van der Waals surface area contributed by atoms with Crippen LogP contribution in [-0.2, 0) is 11.3 Å². The zero-order chi connectivity index (χ0) is 16.7.